The standard InChI is InChI=1S/C13H16N2O4/c14-4-1-5-15-7-12(19-13(15)16)9-2-3-10-11(6-9)18-8-17-10/h2-3,6,12H,1,4-5,7-8,14H2. The number of benzene rings is 1. The zero-order valence-corrected chi connectivity index (χ0v) is 10.5. The third kappa shape index (κ3) is 2.31. The minimum absolute atomic E-state index is 0.242. The maximum absolute atomic E-state index is 11.7. The fourth-order valence-corrected chi connectivity index (χ4v) is 2.26. The van der Waals surface area contributed by atoms with E-state index < -0.39 is 0 Å². The molecule has 1 unspecified atom stereocenters. The van der Waals surface area contributed by atoms with Crippen molar-refractivity contribution in [1.29, 1.82) is 0 Å². The monoisotopic (exact) mass is 264 g/mol. The lowest BCUT2D eigenvalue weighted by Crippen LogP contribution is -2.27. The summed E-state index contributed by atoms with van der Waals surface area (Å²) in [5.41, 5.74) is 6.37. The third-order valence-electron chi connectivity index (χ3n) is 3.29. The van der Waals surface area contributed by atoms with Gasteiger partial charge in [-0.2, -0.15) is 0 Å². The third-order valence-corrected chi connectivity index (χ3v) is 3.29. The molecule has 19 heavy (non-hydrogen) atoms. The van der Waals surface area contributed by atoms with Gasteiger partial charge in [0.1, 0.15) is 6.10 Å². The number of nitrogens with two attached hydrogens (primary N) is 1. The van der Waals surface area contributed by atoms with Gasteiger partial charge < -0.3 is 24.8 Å². The van der Waals surface area contributed by atoms with Crippen molar-refractivity contribution >= 4 is 6.09 Å². The second-order valence-electron chi connectivity index (χ2n) is 4.57. The van der Waals surface area contributed by atoms with E-state index in [-0.39, 0.29) is 19.0 Å². The molecule has 2 heterocycles. The van der Waals surface area contributed by atoms with Gasteiger partial charge in [-0.05, 0) is 30.7 Å². The first kappa shape index (κ1) is 12.1. The molecule has 1 atom stereocenters. The predicted octanol–water partition coefficient (Wildman–Crippen LogP) is 1.26. The molecule has 0 aliphatic carbocycles. The van der Waals surface area contributed by atoms with Crippen LogP contribution in [0.1, 0.15) is 18.1 Å². The number of carbonyl (C=O) groups excluding carboxylic acids is 1. The lowest BCUT2D eigenvalue weighted by atomic mass is 10.1. The molecule has 1 amide bonds. The summed E-state index contributed by atoms with van der Waals surface area (Å²) >= 11 is 0. The van der Waals surface area contributed by atoms with E-state index >= 15 is 0 Å². The summed E-state index contributed by atoms with van der Waals surface area (Å²) in [4.78, 5) is 13.4. The lowest BCUT2D eigenvalue weighted by molar-refractivity contribution is 0.132. The minimum atomic E-state index is -0.281. The summed E-state index contributed by atoms with van der Waals surface area (Å²) in [7, 11) is 0. The van der Waals surface area contributed by atoms with Crippen molar-refractivity contribution in [2.75, 3.05) is 26.4 Å². The molecular weight excluding hydrogens is 248 g/mol. The van der Waals surface area contributed by atoms with Gasteiger partial charge in [-0.15, -0.1) is 0 Å². The highest BCUT2D eigenvalue weighted by atomic mass is 16.7. The van der Waals surface area contributed by atoms with Crippen LogP contribution in [0.2, 0.25) is 0 Å². The smallest absolute Gasteiger partial charge is 0.410 e. The Labute approximate surface area is 111 Å². The van der Waals surface area contributed by atoms with Crippen molar-refractivity contribution in [2.45, 2.75) is 12.5 Å². The highest BCUT2D eigenvalue weighted by Crippen LogP contribution is 2.36. The average molecular weight is 264 g/mol. The molecular formula is C13H16N2O4. The number of carbonyl (C=O) groups is 1. The molecule has 1 aromatic rings. The quantitative estimate of drug-likeness (QED) is 0.886. The Morgan fingerprint density at radius 1 is 1.32 bits per heavy atom. The van der Waals surface area contributed by atoms with Crippen molar-refractivity contribution in [2.24, 2.45) is 5.73 Å². The van der Waals surface area contributed by atoms with E-state index in [1.807, 2.05) is 18.2 Å². The van der Waals surface area contributed by atoms with Gasteiger partial charge in [0.25, 0.3) is 0 Å². The van der Waals surface area contributed by atoms with E-state index in [2.05, 4.69) is 0 Å². The van der Waals surface area contributed by atoms with Crippen molar-refractivity contribution in [3.05, 3.63) is 23.8 Å². The normalized spacial score (nSPS) is 20.8. The van der Waals surface area contributed by atoms with Crippen LogP contribution in [-0.4, -0.2) is 37.4 Å². The van der Waals surface area contributed by atoms with Crippen LogP contribution in [0.4, 0.5) is 4.79 Å². The maximum Gasteiger partial charge on any atom is 0.410 e. The highest BCUT2D eigenvalue weighted by Gasteiger charge is 2.32. The summed E-state index contributed by atoms with van der Waals surface area (Å²) in [6.45, 7) is 2.00. The molecule has 0 aromatic heterocycles. The fourth-order valence-electron chi connectivity index (χ4n) is 2.26. The van der Waals surface area contributed by atoms with Gasteiger partial charge in [0.15, 0.2) is 11.5 Å². The average Bonchev–Trinajstić information content (AvgIpc) is 3.02. The summed E-state index contributed by atoms with van der Waals surface area (Å²) in [5.74, 6) is 1.43. The zero-order valence-electron chi connectivity index (χ0n) is 10.5. The molecule has 102 valence electrons. The van der Waals surface area contributed by atoms with Gasteiger partial charge in [-0.25, -0.2) is 4.79 Å². The van der Waals surface area contributed by atoms with Crippen molar-refractivity contribution in [3.63, 3.8) is 0 Å². The Morgan fingerprint density at radius 2 is 2.16 bits per heavy atom. The zero-order chi connectivity index (χ0) is 13.2. The number of rotatable bonds is 4. The number of nitrogens with zero attached hydrogens (tertiary/aromatic N) is 1. The summed E-state index contributed by atoms with van der Waals surface area (Å²) < 4.78 is 15.9. The molecule has 2 aliphatic rings. The van der Waals surface area contributed by atoms with E-state index in [4.69, 9.17) is 19.9 Å². The van der Waals surface area contributed by atoms with Gasteiger partial charge in [-0.3, -0.25) is 0 Å². The van der Waals surface area contributed by atoms with E-state index in [1.54, 1.807) is 4.90 Å². The van der Waals surface area contributed by atoms with Gasteiger partial charge in [0, 0.05) is 6.54 Å². The SMILES string of the molecule is NCCCN1CC(c2ccc3c(c2)OCO3)OC1=O. The van der Waals surface area contributed by atoms with Crippen LogP contribution in [0.5, 0.6) is 11.5 Å². The first-order valence-electron chi connectivity index (χ1n) is 6.33. The van der Waals surface area contributed by atoms with Gasteiger partial charge in [0.05, 0.1) is 6.54 Å². The topological polar surface area (TPSA) is 74.0 Å². The van der Waals surface area contributed by atoms with Gasteiger partial charge >= 0.3 is 6.09 Å². The van der Waals surface area contributed by atoms with Crippen LogP contribution >= 0.6 is 0 Å². The van der Waals surface area contributed by atoms with Crippen LogP contribution in [-0.2, 0) is 4.74 Å². The van der Waals surface area contributed by atoms with Crippen molar-refractivity contribution in [3.8, 4) is 11.5 Å². The molecule has 0 bridgehead atoms. The Bertz CT molecular complexity index is 492. The van der Waals surface area contributed by atoms with Crippen molar-refractivity contribution in [1.82, 2.24) is 4.90 Å². The first-order chi connectivity index (χ1) is 9.28. The number of ether oxygens (including phenoxy) is 3. The van der Waals surface area contributed by atoms with Crippen molar-refractivity contribution < 1.29 is 19.0 Å². The number of amides is 1. The Hall–Kier alpha value is -1.95. The molecule has 3 rings (SSSR count). The minimum Gasteiger partial charge on any atom is -0.454 e. The number of hydrogen-bond donors (Lipinski definition) is 1. The molecule has 0 radical (unpaired) electrons. The first-order valence-corrected chi connectivity index (χ1v) is 6.33. The largest absolute Gasteiger partial charge is 0.454 e. The number of fused-ring (bicyclic) bond motifs is 1. The molecule has 6 heteroatoms. The Morgan fingerprint density at radius 3 is 3.00 bits per heavy atom. The molecule has 0 saturated carbocycles. The molecule has 0 spiro atoms. The number of cyclic esters (lactones) is 1. The van der Waals surface area contributed by atoms with E-state index in [0.29, 0.717) is 25.4 Å². The molecule has 1 saturated heterocycles. The fraction of sp³-hybridized carbons (Fsp3) is 0.462. The summed E-state index contributed by atoms with van der Waals surface area (Å²) in [6.07, 6.45) is 0.249. The molecule has 6 nitrogen and oxygen atoms in total. The second kappa shape index (κ2) is 4.97. The van der Waals surface area contributed by atoms with Crippen LogP contribution in [0.25, 0.3) is 0 Å². The predicted molar refractivity (Wildman–Crippen MR) is 67.0 cm³/mol. The van der Waals surface area contributed by atoms with Gasteiger partial charge in [0.2, 0.25) is 6.79 Å². The van der Waals surface area contributed by atoms with Crippen LogP contribution in [0, 0.1) is 0 Å². The summed E-state index contributed by atoms with van der Waals surface area (Å²) in [5, 5.41) is 0. The summed E-state index contributed by atoms with van der Waals surface area (Å²) in [6, 6.07) is 5.61. The van der Waals surface area contributed by atoms with Crippen LogP contribution in [0.15, 0.2) is 18.2 Å². The second-order valence-corrected chi connectivity index (χ2v) is 4.57. The molecule has 1 aromatic carbocycles. The molecule has 1 fully saturated rings. The molecule has 2 aliphatic heterocycles. The van der Waals surface area contributed by atoms with Crippen LogP contribution in [0.3, 0.4) is 0 Å². The van der Waals surface area contributed by atoms with E-state index in [1.165, 1.54) is 0 Å². The number of hydrogen-bond acceptors (Lipinski definition) is 5. The lowest BCUT2D eigenvalue weighted by Gasteiger charge is -2.11. The molecule has 2 N–H and O–H groups in total. The Balaban J connectivity index is 1.71. The Kier molecular flexibility index (Phi) is 3.16. The van der Waals surface area contributed by atoms with Gasteiger partial charge in [-0.1, -0.05) is 6.07 Å². The van der Waals surface area contributed by atoms with E-state index in [9.17, 15) is 4.79 Å². The van der Waals surface area contributed by atoms with Crippen LogP contribution < -0.4 is 15.2 Å². The van der Waals surface area contributed by atoms with E-state index in [0.717, 1.165) is 17.7 Å². The maximum atomic E-state index is 11.7. The highest BCUT2D eigenvalue weighted by molar-refractivity contribution is 5.70.